The van der Waals surface area contributed by atoms with Crippen molar-refractivity contribution in [1.82, 2.24) is 0 Å². The lowest BCUT2D eigenvalue weighted by Crippen LogP contribution is -1.97. The molecule has 0 saturated heterocycles. The van der Waals surface area contributed by atoms with Gasteiger partial charge in [-0.15, -0.1) is 0 Å². The third-order valence-corrected chi connectivity index (χ3v) is 8.91. The standard InChI is InChI=1S/C48H36N2/c1-6-16-35(17-7-1)40-26-41(36-18-8-2-9-19-36)29-45(28-40)49-47-32-44(39-24-14-5-15-25-39)33-48(34-47)50-46-30-42(37-20-10-3-11-21-37)27-43(31-46)38-22-12-4-13-23-38/h1-34,49-50H. The fourth-order valence-corrected chi connectivity index (χ4v) is 6.49. The second-order valence-electron chi connectivity index (χ2n) is 12.5. The van der Waals surface area contributed by atoms with Gasteiger partial charge in [-0.3, -0.25) is 0 Å². The van der Waals surface area contributed by atoms with Gasteiger partial charge in [-0.05, 0) is 110 Å². The Hall–Kier alpha value is -6.64. The number of anilines is 4. The minimum absolute atomic E-state index is 1.00. The predicted molar refractivity (Wildman–Crippen MR) is 213 cm³/mol. The summed E-state index contributed by atoms with van der Waals surface area (Å²) in [5.74, 6) is 0. The molecule has 0 bridgehead atoms. The topological polar surface area (TPSA) is 24.1 Å². The number of hydrogen-bond donors (Lipinski definition) is 2. The smallest absolute Gasteiger partial charge is 0.0411 e. The molecule has 0 aliphatic rings. The van der Waals surface area contributed by atoms with Crippen molar-refractivity contribution in [3.63, 3.8) is 0 Å². The molecule has 0 saturated carbocycles. The Morgan fingerprint density at radius 1 is 0.180 bits per heavy atom. The highest BCUT2D eigenvalue weighted by Crippen LogP contribution is 2.36. The summed E-state index contributed by atoms with van der Waals surface area (Å²) in [6.07, 6.45) is 0. The van der Waals surface area contributed by atoms with Gasteiger partial charge in [-0.25, -0.2) is 0 Å². The molecule has 0 fully saturated rings. The van der Waals surface area contributed by atoms with Gasteiger partial charge in [-0.2, -0.15) is 0 Å². The van der Waals surface area contributed by atoms with Crippen LogP contribution in [0.2, 0.25) is 0 Å². The SMILES string of the molecule is c1ccc(-c2cc(Nc3cc(-c4ccccc4)cc(-c4ccccc4)c3)cc(Nc3cc(-c4ccccc4)cc(-c4ccccc4)c3)c2)cc1. The molecule has 8 aromatic carbocycles. The Morgan fingerprint density at radius 2 is 0.380 bits per heavy atom. The summed E-state index contributed by atoms with van der Waals surface area (Å²) in [7, 11) is 0. The molecule has 2 heteroatoms. The minimum atomic E-state index is 1.00. The molecule has 0 unspecified atom stereocenters. The maximum Gasteiger partial charge on any atom is 0.0411 e. The number of benzene rings is 8. The van der Waals surface area contributed by atoms with E-state index in [9.17, 15) is 0 Å². The second kappa shape index (κ2) is 14.2. The van der Waals surface area contributed by atoms with Crippen LogP contribution in [0, 0.1) is 0 Å². The van der Waals surface area contributed by atoms with Crippen LogP contribution in [0.15, 0.2) is 206 Å². The average molecular weight is 641 g/mol. The van der Waals surface area contributed by atoms with E-state index in [0.717, 1.165) is 56.1 Å². The lowest BCUT2D eigenvalue weighted by atomic mass is 9.97. The molecule has 0 aliphatic heterocycles. The van der Waals surface area contributed by atoms with Gasteiger partial charge in [0, 0.05) is 22.7 Å². The fourth-order valence-electron chi connectivity index (χ4n) is 6.49. The predicted octanol–water partition coefficient (Wildman–Crippen LogP) is 13.5. The van der Waals surface area contributed by atoms with Crippen molar-refractivity contribution in [2.45, 2.75) is 0 Å². The Bertz CT molecular complexity index is 2070. The van der Waals surface area contributed by atoms with Crippen LogP contribution in [0.1, 0.15) is 0 Å². The molecule has 2 N–H and O–H groups in total. The van der Waals surface area contributed by atoms with Crippen molar-refractivity contribution in [2.75, 3.05) is 10.6 Å². The molecule has 0 atom stereocenters. The van der Waals surface area contributed by atoms with Crippen molar-refractivity contribution in [3.05, 3.63) is 206 Å². The third-order valence-electron chi connectivity index (χ3n) is 8.91. The number of rotatable bonds is 9. The van der Waals surface area contributed by atoms with Gasteiger partial charge in [0.05, 0.1) is 0 Å². The lowest BCUT2D eigenvalue weighted by Gasteiger charge is -2.17. The van der Waals surface area contributed by atoms with Crippen molar-refractivity contribution in [2.24, 2.45) is 0 Å². The summed E-state index contributed by atoms with van der Waals surface area (Å²) in [4.78, 5) is 0. The molecule has 8 aromatic rings. The second-order valence-corrected chi connectivity index (χ2v) is 12.5. The van der Waals surface area contributed by atoms with E-state index in [1.807, 2.05) is 0 Å². The Kier molecular flexibility index (Phi) is 8.73. The van der Waals surface area contributed by atoms with E-state index >= 15 is 0 Å². The van der Waals surface area contributed by atoms with Crippen LogP contribution in [0.25, 0.3) is 55.6 Å². The number of hydrogen-bond acceptors (Lipinski definition) is 2. The zero-order chi connectivity index (χ0) is 33.5. The van der Waals surface area contributed by atoms with Crippen LogP contribution >= 0.6 is 0 Å². The lowest BCUT2D eigenvalue weighted by molar-refractivity contribution is 1.49. The molecule has 0 heterocycles. The van der Waals surface area contributed by atoms with E-state index in [4.69, 9.17) is 0 Å². The van der Waals surface area contributed by atoms with Crippen molar-refractivity contribution < 1.29 is 0 Å². The molecule has 0 aromatic heterocycles. The van der Waals surface area contributed by atoms with Crippen LogP contribution in [0.5, 0.6) is 0 Å². The summed E-state index contributed by atoms with van der Waals surface area (Å²) in [5, 5.41) is 7.59. The summed E-state index contributed by atoms with van der Waals surface area (Å²) in [6.45, 7) is 0. The van der Waals surface area contributed by atoms with Gasteiger partial charge >= 0.3 is 0 Å². The molecular formula is C48H36N2. The Labute approximate surface area is 294 Å². The Balaban J connectivity index is 1.21. The first-order valence-electron chi connectivity index (χ1n) is 17.0. The van der Waals surface area contributed by atoms with Crippen LogP contribution in [-0.2, 0) is 0 Å². The van der Waals surface area contributed by atoms with E-state index < -0.39 is 0 Å². The first-order valence-corrected chi connectivity index (χ1v) is 17.0. The van der Waals surface area contributed by atoms with Crippen LogP contribution in [0.3, 0.4) is 0 Å². The van der Waals surface area contributed by atoms with E-state index in [1.54, 1.807) is 0 Å². The summed E-state index contributed by atoms with van der Waals surface area (Å²) in [6, 6.07) is 73.0. The summed E-state index contributed by atoms with van der Waals surface area (Å²) >= 11 is 0. The molecule has 8 rings (SSSR count). The monoisotopic (exact) mass is 640 g/mol. The van der Waals surface area contributed by atoms with E-state index in [1.165, 1.54) is 22.3 Å². The molecule has 2 nitrogen and oxygen atoms in total. The van der Waals surface area contributed by atoms with Crippen LogP contribution < -0.4 is 10.6 Å². The normalized spacial score (nSPS) is 10.8. The molecule has 50 heavy (non-hydrogen) atoms. The zero-order valence-electron chi connectivity index (χ0n) is 27.6. The van der Waals surface area contributed by atoms with Gasteiger partial charge in [0.1, 0.15) is 0 Å². The average Bonchev–Trinajstić information content (AvgIpc) is 3.19. The highest BCUT2D eigenvalue weighted by Gasteiger charge is 2.11. The molecule has 0 radical (unpaired) electrons. The van der Waals surface area contributed by atoms with E-state index in [2.05, 4.69) is 217 Å². The van der Waals surface area contributed by atoms with Gasteiger partial charge < -0.3 is 10.6 Å². The van der Waals surface area contributed by atoms with E-state index in [-0.39, 0.29) is 0 Å². The molecular weight excluding hydrogens is 605 g/mol. The van der Waals surface area contributed by atoms with Crippen molar-refractivity contribution >= 4 is 22.7 Å². The van der Waals surface area contributed by atoms with Crippen LogP contribution in [-0.4, -0.2) is 0 Å². The minimum Gasteiger partial charge on any atom is -0.355 e. The van der Waals surface area contributed by atoms with Crippen molar-refractivity contribution in [1.29, 1.82) is 0 Å². The van der Waals surface area contributed by atoms with Gasteiger partial charge in [0.2, 0.25) is 0 Å². The molecule has 0 aliphatic carbocycles. The Morgan fingerprint density at radius 3 is 0.620 bits per heavy atom. The first-order chi connectivity index (χ1) is 24.7. The van der Waals surface area contributed by atoms with Crippen LogP contribution in [0.4, 0.5) is 22.7 Å². The zero-order valence-corrected chi connectivity index (χ0v) is 27.6. The number of nitrogens with one attached hydrogen (secondary N) is 2. The highest BCUT2D eigenvalue weighted by molar-refractivity contribution is 5.84. The largest absolute Gasteiger partial charge is 0.355 e. The molecule has 0 spiro atoms. The van der Waals surface area contributed by atoms with Gasteiger partial charge in [-0.1, -0.05) is 152 Å². The van der Waals surface area contributed by atoms with Gasteiger partial charge in [0.25, 0.3) is 0 Å². The molecule has 0 amide bonds. The van der Waals surface area contributed by atoms with E-state index in [0.29, 0.717) is 0 Å². The highest BCUT2D eigenvalue weighted by atomic mass is 14.9. The van der Waals surface area contributed by atoms with Gasteiger partial charge in [0.15, 0.2) is 0 Å². The maximum absolute atomic E-state index is 3.80. The third kappa shape index (κ3) is 7.11. The first kappa shape index (κ1) is 30.7. The quantitative estimate of drug-likeness (QED) is 0.164. The summed E-state index contributed by atoms with van der Waals surface area (Å²) in [5.41, 5.74) is 15.7. The fraction of sp³-hybridized carbons (Fsp3) is 0. The molecule has 238 valence electrons. The maximum atomic E-state index is 3.80. The summed E-state index contributed by atoms with van der Waals surface area (Å²) < 4.78 is 0. The van der Waals surface area contributed by atoms with Crippen molar-refractivity contribution in [3.8, 4) is 55.6 Å².